The Morgan fingerprint density at radius 1 is 0.551 bits per heavy atom. The van der Waals surface area contributed by atoms with E-state index in [9.17, 15) is 14.3 Å². The summed E-state index contributed by atoms with van der Waals surface area (Å²) < 4.78 is 34.9. The fraction of sp³-hybridized carbons (Fsp3) is 0.975. The van der Waals surface area contributed by atoms with E-state index in [4.69, 9.17) is 18.5 Å². The van der Waals surface area contributed by atoms with Crippen molar-refractivity contribution >= 4 is 13.8 Å². The zero-order chi connectivity index (χ0) is 36.3. The van der Waals surface area contributed by atoms with E-state index in [0.717, 1.165) is 32.1 Å². The lowest BCUT2D eigenvalue weighted by Crippen LogP contribution is -2.37. The number of carbonyl (C=O) groups excluding carboxylic acids is 1. The second kappa shape index (κ2) is 34.6. The number of phosphoric acid groups is 1. The summed E-state index contributed by atoms with van der Waals surface area (Å²) in [5.41, 5.74) is 0. The standard InChI is InChI=1S/C40H82NO7P/c1-6-8-10-12-14-16-18-20-22-24-26-28-30-32-35-45-37-39(38-47-49(43,44)46-36-34-41(3,4)5)48-40(42)33-31-29-27-25-23-21-19-17-15-13-11-9-7-2/h39H,6-38H2,1-5H3/p+1/t39-/m0/s1. The lowest BCUT2D eigenvalue weighted by atomic mass is 10.0. The molecule has 0 aromatic rings. The van der Waals surface area contributed by atoms with Crippen LogP contribution in [0.15, 0.2) is 0 Å². The number of unbranched alkanes of at least 4 members (excludes halogenated alkanes) is 25. The van der Waals surface area contributed by atoms with Gasteiger partial charge in [-0.05, 0) is 12.8 Å². The van der Waals surface area contributed by atoms with Gasteiger partial charge in [-0.2, -0.15) is 0 Å². The molecule has 0 heterocycles. The smallest absolute Gasteiger partial charge is 0.457 e. The molecule has 1 unspecified atom stereocenters. The number of phosphoric ester groups is 1. The highest BCUT2D eigenvalue weighted by Crippen LogP contribution is 2.43. The van der Waals surface area contributed by atoms with Crippen molar-refractivity contribution in [3.63, 3.8) is 0 Å². The molecule has 49 heavy (non-hydrogen) atoms. The molecule has 0 spiro atoms. The van der Waals surface area contributed by atoms with Crippen LogP contribution in [0.2, 0.25) is 0 Å². The van der Waals surface area contributed by atoms with Gasteiger partial charge in [0.1, 0.15) is 19.3 Å². The predicted octanol–water partition coefficient (Wildman–Crippen LogP) is 11.7. The molecule has 0 saturated carbocycles. The molecular formula is C40H83NO7P+. The molecule has 8 nitrogen and oxygen atoms in total. The molecular weight excluding hydrogens is 637 g/mol. The highest BCUT2D eigenvalue weighted by Gasteiger charge is 2.26. The Morgan fingerprint density at radius 2 is 0.939 bits per heavy atom. The quantitative estimate of drug-likeness (QED) is 0.0292. The molecule has 0 amide bonds. The highest BCUT2D eigenvalue weighted by atomic mass is 31.2. The van der Waals surface area contributed by atoms with Gasteiger partial charge in [-0.1, -0.05) is 174 Å². The van der Waals surface area contributed by atoms with Crippen LogP contribution in [0, 0.1) is 0 Å². The first-order valence-electron chi connectivity index (χ1n) is 20.8. The molecule has 2 atom stereocenters. The van der Waals surface area contributed by atoms with Crippen molar-refractivity contribution in [1.82, 2.24) is 0 Å². The molecule has 0 saturated heterocycles. The van der Waals surface area contributed by atoms with Crippen LogP contribution in [-0.4, -0.2) is 75.6 Å². The van der Waals surface area contributed by atoms with E-state index < -0.39 is 13.9 Å². The van der Waals surface area contributed by atoms with E-state index in [0.29, 0.717) is 24.1 Å². The lowest BCUT2D eigenvalue weighted by Gasteiger charge is -2.24. The molecule has 0 rings (SSSR count). The maximum atomic E-state index is 12.6. The zero-order valence-electron chi connectivity index (χ0n) is 33.2. The first-order valence-corrected chi connectivity index (χ1v) is 22.3. The number of hydrogen-bond acceptors (Lipinski definition) is 6. The molecule has 0 aliphatic heterocycles. The van der Waals surface area contributed by atoms with Gasteiger partial charge in [-0.15, -0.1) is 0 Å². The maximum Gasteiger partial charge on any atom is 0.472 e. The molecule has 0 aliphatic carbocycles. The number of esters is 1. The van der Waals surface area contributed by atoms with Crippen molar-refractivity contribution in [1.29, 1.82) is 0 Å². The summed E-state index contributed by atoms with van der Waals surface area (Å²) in [6.45, 7) is 5.66. The second-order valence-electron chi connectivity index (χ2n) is 15.4. The minimum absolute atomic E-state index is 0.0937. The number of rotatable bonds is 39. The summed E-state index contributed by atoms with van der Waals surface area (Å²) in [5.74, 6) is -0.310. The molecule has 9 heteroatoms. The van der Waals surface area contributed by atoms with Crippen LogP contribution in [0.4, 0.5) is 0 Å². The highest BCUT2D eigenvalue weighted by molar-refractivity contribution is 7.47. The number of ether oxygens (including phenoxy) is 2. The topological polar surface area (TPSA) is 91.3 Å². The van der Waals surface area contributed by atoms with Crippen LogP contribution in [-0.2, 0) is 27.9 Å². The van der Waals surface area contributed by atoms with E-state index in [-0.39, 0.29) is 25.8 Å². The summed E-state index contributed by atoms with van der Waals surface area (Å²) in [4.78, 5) is 22.8. The van der Waals surface area contributed by atoms with Crippen LogP contribution in [0.25, 0.3) is 0 Å². The minimum atomic E-state index is -4.26. The van der Waals surface area contributed by atoms with E-state index in [1.54, 1.807) is 0 Å². The number of likely N-dealkylation sites (N-methyl/N-ethyl adjacent to an activating group) is 1. The van der Waals surface area contributed by atoms with Gasteiger partial charge in [0.25, 0.3) is 0 Å². The Morgan fingerprint density at radius 3 is 1.35 bits per heavy atom. The Balaban J connectivity index is 4.22. The van der Waals surface area contributed by atoms with Crippen LogP contribution in [0.5, 0.6) is 0 Å². The molecule has 294 valence electrons. The summed E-state index contributed by atoms with van der Waals surface area (Å²) in [6.07, 6.45) is 34.0. The summed E-state index contributed by atoms with van der Waals surface area (Å²) in [6, 6.07) is 0. The molecule has 0 bridgehead atoms. The Labute approximate surface area is 304 Å². The average molecular weight is 721 g/mol. The van der Waals surface area contributed by atoms with Crippen molar-refractivity contribution in [3.8, 4) is 0 Å². The molecule has 0 fully saturated rings. The average Bonchev–Trinajstić information content (AvgIpc) is 3.04. The van der Waals surface area contributed by atoms with Gasteiger partial charge in [0.2, 0.25) is 0 Å². The fourth-order valence-electron chi connectivity index (χ4n) is 5.91. The third kappa shape index (κ3) is 38.6. The minimum Gasteiger partial charge on any atom is -0.457 e. The van der Waals surface area contributed by atoms with Crippen LogP contribution in [0.1, 0.15) is 194 Å². The van der Waals surface area contributed by atoms with E-state index in [1.165, 1.54) is 141 Å². The zero-order valence-corrected chi connectivity index (χ0v) is 34.1. The van der Waals surface area contributed by atoms with Crippen LogP contribution in [0.3, 0.4) is 0 Å². The first kappa shape index (κ1) is 48.5. The van der Waals surface area contributed by atoms with Gasteiger partial charge in [-0.25, -0.2) is 4.57 Å². The predicted molar refractivity (Wildman–Crippen MR) is 206 cm³/mol. The summed E-state index contributed by atoms with van der Waals surface area (Å²) >= 11 is 0. The van der Waals surface area contributed by atoms with Gasteiger partial charge in [0, 0.05) is 13.0 Å². The van der Waals surface area contributed by atoms with Gasteiger partial charge in [0.15, 0.2) is 0 Å². The van der Waals surface area contributed by atoms with Crippen molar-refractivity contribution < 1.29 is 37.3 Å². The number of hydrogen-bond donors (Lipinski definition) is 1. The normalized spacial score (nSPS) is 13.8. The largest absolute Gasteiger partial charge is 0.472 e. The third-order valence-corrected chi connectivity index (χ3v) is 10.2. The SMILES string of the molecule is CCCCCCCCCCCCCCCCOC[C@@H](COP(=O)(O)OCC[N+](C)(C)C)OC(=O)CCCCCCCCCCCCCCC. The fourth-order valence-corrected chi connectivity index (χ4v) is 6.65. The lowest BCUT2D eigenvalue weighted by molar-refractivity contribution is -0.870. The van der Waals surface area contributed by atoms with E-state index in [1.807, 2.05) is 21.1 Å². The Bertz CT molecular complexity index is 761. The number of nitrogens with zero attached hydrogens (tertiary/aromatic N) is 1. The number of quaternary nitrogens is 1. The van der Waals surface area contributed by atoms with E-state index >= 15 is 0 Å². The molecule has 0 aromatic carbocycles. The van der Waals surface area contributed by atoms with Gasteiger partial charge in [-0.3, -0.25) is 13.8 Å². The summed E-state index contributed by atoms with van der Waals surface area (Å²) in [7, 11) is 1.68. The first-order chi connectivity index (χ1) is 23.6. The van der Waals surface area contributed by atoms with Crippen molar-refractivity contribution in [2.75, 3.05) is 54.1 Å². The van der Waals surface area contributed by atoms with E-state index in [2.05, 4.69) is 13.8 Å². The van der Waals surface area contributed by atoms with Gasteiger partial charge < -0.3 is 18.9 Å². The molecule has 1 N–H and O–H groups in total. The number of carbonyl (C=O) groups is 1. The monoisotopic (exact) mass is 721 g/mol. The Kier molecular flexibility index (Phi) is 34.2. The van der Waals surface area contributed by atoms with Crippen LogP contribution < -0.4 is 0 Å². The van der Waals surface area contributed by atoms with Crippen molar-refractivity contribution in [3.05, 3.63) is 0 Å². The Hall–Kier alpha value is -0.500. The van der Waals surface area contributed by atoms with Gasteiger partial charge in [0.05, 0.1) is 34.4 Å². The maximum absolute atomic E-state index is 12.6. The molecule has 0 aromatic heterocycles. The summed E-state index contributed by atoms with van der Waals surface area (Å²) in [5, 5.41) is 0. The van der Waals surface area contributed by atoms with Crippen molar-refractivity contribution in [2.24, 2.45) is 0 Å². The van der Waals surface area contributed by atoms with Gasteiger partial charge >= 0.3 is 13.8 Å². The molecule has 0 aliphatic rings. The third-order valence-electron chi connectivity index (χ3n) is 9.17. The van der Waals surface area contributed by atoms with Crippen LogP contribution >= 0.6 is 7.82 Å². The van der Waals surface area contributed by atoms with Crippen molar-refractivity contribution in [2.45, 2.75) is 200 Å². The second-order valence-corrected chi connectivity index (χ2v) is 16.8. The molecule has 0 radical (unpaired) electrons.